The lowest BCUT2D eigenvalue weighted by Gasteiger charge is -2.22. The molecule has 3 N–H and O–H groups in total. The van der Waals surface area contributed by atoms with E-state index in [0.717, 1.165) is 37.8 Å². The van der Waals surface area contributed by atoms with Gasteiger partial charge in [-0.15, -0.1) is 0 Å². The van der Waals surface area contributed by atoms with E-state index in [9.17, 15) is 14.0 Å². The first kappa shape index (κ1) is 15.3. The number of nitrogens with two attached hydrogens (primary N) is 1. The third kappa shape index (κ3) is 3.51. The molecule has 114 valence electrons. The van der Waals surface area contributed by atoms with Crippen LogP contribution in [0.3, 0.4) is 0 Å². The van der Waals surface area contributed by atoms with Crippen molar-refractivity contribution in [3.63, 3.8) is 0 Å². The van der Waals surface area contributed by atoms with Crippen molar-refractivity contribution in [3.05, 3.63) is 29.6 Å². The third-order valence-electron chi connectivity index (χ3n) is 3.87. The Kier molecular flexibility index (Phi) is 4.77. The van der Waals surface area contributed by atoms with Crippen LogP contribution in [0.25, 0.3) is 0 Å². The molecule has 0 spiro atoms. The molecule has 6 heteroatoms. The van der Waals surface area contributed by atoms with E-state index >= 15 is 0 Å². The molecule has 1 amide bonds. The van der Waals surface area contributed by atoms with Gasteiger partial charge in [-0.05, 0) is 37.0 Å². The highest BCUT2D eigenvalue weighted by molar-refractivity contribution is 6.01. The Morgan fingerprint density at radius 1 is 1.38 bits per heavy atom. The molecular weight excluding hydrogens is 275 g/mol. The molecule has 0 radical (unpaired) electrons. The van der Waals surface area contributed by atoms with E-state index < -0.39 is 23.7 Å². The molecule has 1 aromatic carbocycles. The van der Waals surface area contributed by atoms with E-state index in [0.29, 0.717) is 0 Å². The molecule has 0 aromatic heterocycles. The number of halogens is 1. The highest BCUT2D eigenvalue weighted by Crippen LogP contribution is 2.28. The van der Waals surface area contributed by atoms with Crippen LogP contribution in [-0.2, 0) is 9.53 Å². The van der Waals surface area contributed by atoms with E-state index in [1.54, 1.807) is 0 Å². The van der Waals surface area contributed by atoms with Gasteiger partial charge in [-0.25, -0.2) is 9.18 Å². The smallest absolute Gasteiger partial charge is 0.328 e. The average Bonchev–Trinajstić information content (AvgIpc) is 2.97. The molecule has 2 rings (SSSR count). The molecule has 1 aliphatic rings. The van der Waals surface area contributed by atoms with E-state index in [2.05, 4.69) is 5.32 Å². The summed E-state index contributed by atoms with van der Waals surface area (Å²) in [4.78, 5) is 24.1. The molecule has 5 nitrogen and oxygen atoms in total. The fourth-order valence-electron chi connectivity index (χ4n) is 2.75. The summed E-state index contributed by atoms with van der Waals surface area (Å²) in [7, 11) is 1.29. The number of nitrogen functional groups attached to an aromatic ring is 1. The van der Waals surface area contributed by atoms with Crippen LogP contribution in [0.1, 0.15) is 36.0 Å². The number of benzene rings is 1. The van der Waals surface area contributed by atoms with E-state index in [4.69, 9.17) is 10.5 Å². The van der Waals surface area contributed by atoms with E-state index in [1.165, 1.54) is 13.2 Å². The van der Waals surface area contributed by atoms with Crippen molar-refractivity contribution in [2.24, 2.45) is 5.92 Å². The fourth-order valence-corrected chi connectivity index (χ4v) is 2.75. The summed E-state index contributed by atoms with van der Waals surface area (Å²) in [6.07, 6.45) is 3.82. The lowest BCUT2D eigenvalue weighted by atomic mass is 9.97. The van der Waals surface area contributed by atoms with Gasteiger partial charge in [-0.2, -0.15) is 0 Å². The van der Waals surface area contributed by atoms with Gasteiger partial charge in [0.1, 0.15) is 11.9 Å². The minimum Gasteiger partial charge on any atom is -0.467 e. The number of nitrogens with one attached hydrogen (secondary N) is 1. The second-order valence-electron chi connectivity index (χ2n) is 5.25. The normalized spacial score (nSPS) is 16.5. The predicted molar refractivity (Wildman–Crippen MR) is 76.0 cm³/mol. The molecule has 0 aliphatic heterocycles. The maximum absolute atomic E-state index is 13.0. The van der Waals surface area contributed by atoms with Crippen molar-refractivity contribution in [2.75, 3.05) is 12.8 Å². The van der Waals surface area contributed by atoms with Crippen molar-refractivity contribution in [1.82, 2.24) is 5.32 Å². The lowest BCUT2D eigenvalue weighted by Crippen LogP contribution is -2.46. The van der Waals surface area contributed by atoms with Crippen molar-refractivity contribution in [3.8, 4) is 0 Å². The van der Waals surface area contributed by atoms with Gasteiger partial charge in [0, 0.05) is 5.69 Å². The number of ether oxygens (including phenoxy) is 1. The second kappa shape index (κ2) is 6.56. The summed E-state index contributed by atoms with van der Waals surface area (Å²) >= 11 is 0. The highest BCUT2D eigenvalue weighted by atomic mass is 19.1. The zero-order chi connectivity index (χ0) is 15.4. The topological polar surface area (TPSA) is 81.4 Å². The molecule has 1 aromatic rings. The number of hydrogen-bond donors (Lipinski definition) is 2. The van der Waals surface area contributed by atoms with Crippen LogP contribution in [0.15, 0.2) is 18.2 Å². The van der Waals surface area contributed by atoms with Gasteiger partial charge in [0.25, 0.3) is 5.91 Å². The van der Waals surface area contributed by atoms with Crippen LogP contribution < -0.4 is 11.1 Å². The zero-order valence-corrected chi connectivity index (χ0v) is 11.9. The van der Waals surface area contributed by atoms with Crippen LogP contribution >= 0.6 is 0 Å². The molecule has 1 saturated carbocycles. The minimum absolute atomic E-state index is 0.0440. The standard InChI is InChI=1S/C15H19FN2O3/c1-21-15(20)13(9-4-2-3-5-9)18-14(19)11-7-6-10(16)8-12(11)17/h6-9,13H,2-5,17H2,1H3,(H,18,19). The molecule has 0 saturated heterocycles. The Bertz CT molecular complexity index is 542. The minimum atomic E-state index is -0.686. The number of rotatable bonds is 4. The van der Waals surface area contributed by atoms with Crippen molar-refractivity contribution in [1.29, 1.82) is 0 Å². The third-order valence-corrected chi connectivity index (χ3v) is 3.87. The number of carbonyl (C=O) groups is 2. The highest BCUT2D eigenvalue weighted by Gasteiger charge is 2.33. The Hall–Kier alpha value is -2.11. The predicted octanol–water partition coefficient (Wildman–Crippen LogP) is 1.87. The fraction of sp³-hybridized carbons (Fsp3) is 0.467. The van der Waals surface area contributed by atoms with Gasteiger partial charge in [0.2, 0.25) is 0 Å². The largest absolute Gasteiger partial charge is 0.467 e. The van der Waals surface area contributed by atoms with Crippen LogP contribution in [0.2, 0.25) is 0 Å². The van der Waals surface area contributed by atoms with Crippen LogP contribution in [0.4, 0.5) is 10.1 Å². The Morgan fingerprint density at radius 2 is 2.05 bits per heavy atom. The van der Waals surface area contributed by atoms with Crippen LogP contribution in [0.5, 0.6) is 0 Å². The molecule has 0 heterocycles. The van der Waals surface area contributed by atoms with E-state index in [-0.39, 0.29) is 17.2 Å². The average molecular weight is 294 g/mol. The SMILES string of the molecule is COC(=O)C(NC(=O)c1ccc(F)cc1N)C1CCCC1. The van der Waals surface area contributed by atoms with Gasteiger partial charge in [-0.3, -0.25) is 4.79 Å². The number of amides is 1. The van der Waals surface area contributed by atoms with Crippen molar-refractivity contribution in [2.45, 2.75) is 31.7 Å². The number of esters is 1. The van der Waals surface area contributed by atoms with Gasteiger partial charge in [0.15, 0.2) is 0 Å². The lowest BCUT2D eigenvalue weighted by molar-refractivity contribution is -0.144. The Labute approximate surface area is 122 Å². The second-order valence-corrected chi connectivity index (χ2v) is 5.25. The first-order valence-corrected chi connectivity index (χ1v) is 6.96. The zero-order valence-electron chi connectivity index (χ0n) is 11.9. The summed E-state index contributed by atoms with van der Waals surface area (Å²) < 4.78 is 17.8. The van der Waals surface area contributed by atoms with Crippen molar-refractivity contribution >= 4 is 17.6 Å². The molecule has 1 unspecified atom stereocenters. The first-order valence-electron chi connectivity index (χ1n) is 6.96. The summed E-state index contributed by atoms with van der Waals surface area (Å²) in [5.41, 5.74) is 5.84. The molecular formula is C15H19FN2O3. The molecule has 0 bridgehead atoms. The van der Waals surface area contributed by atoms with Gasteiger partial charge in [-0.1, -0.05) is 12.8 Å². The maximum atomic E-state index is 13.0. The Balaban J connectivity index is 2.15. The number of hydrogen-bond acceptors (Lipinski definition) is 4. The summed E-state index contributed by atoms with van der Waals surface area (Å²) in [6.45, 7) is 0. The molecule has 1 aliphatic carbocycles. The number of anilines is 1. The van der Waals surface area contributed by atoms with Gasteiger partial charge >= 0.3 is 5.97 Å². The Morgan fingerprint density at radius 3 is 2.62 bits per heavy atom. The van der Waals surface area contributed by atoms with E-state index in [1.807, 2.05) is 0 Å². The quantitative estimate of drug-likeness (QED) is 0.656. The first-order chi connectivity index (χ1) is 10.0. The van der Waals surface area contributed by atoms with Gasteiger partial charge < -0.3 is 15.8 Å². The van der Waals surface area contributed by atoms with Crippen LogP contribution in [0, 0.1) is 11.7 Å². The van der Waals surface area contributed by atoms with Gasteiger partial charge in [0.05, 0.1) is 12.7 Å². The monoisotopic (exact) mass is 294 g/mol. The number of methoxy groups -OCH3 is 1. The maximum Gasteiger partial charge on any atom is 0.328 e. The summed E-state index contributed by atoms with van der Waals surface area (Å²) in [5.74, 6) is -1.39. The molecule has 21 heavy (non-hydrogen) atoms. The summed E-state index contributed by atoms with van der Waals surface area (Å²) in [5, 5.41) is 2.67. The molecule has 1 atom stereocenters. The number of carbonyl (C=O) groups excluding carboxylic acids is 2. The molecule has 1 fully saturated rings. The summed E-state index contributed by atoms with van der Waals surface area (Å²) in [6, 6.07) is 2.86. The van der Waals surface area contributed by atoms with Crippen molar-refractivity contribution < 1.29 is 18.7 Å². The van der Waals surface area contributed by atoms with Crippen LogP contribution in [-0.4, -0.2) is 25.0 Å².